The Morgan fingerprint density at radius 2 is 1.93 bits per heavy atom. The summed E-state index contributed by atoms with van der Waals surface area (Å²) in [6.45, 7) is 0. The maximum Gasteiger partial charge on any atom is 0.281 e. The third-order valence-electron chi connectivity index (χ3n) is 2.01. The average molecular weight is 229 g/mol. The number of aromatic nitrogens is 2. The highest BCUT2D eigenvalue weighted by Crippen LogP contribution is 2.25. The van der Waals surface area contributed by atoms with Crippen LogP contribution in [0, 0.1) is 0 Å². The maximum absolute atomic E-state index is 12.7. The highest BCUT2D eigenvalue weighted by molar-refractivity contribution is 6.16. The van der Waals surface area contributed by atoms with Crippen molar-refractivity contribution in [3.05, 3.63) is 35.8 Å². The molecular formula is C10H7ClF2N2. The van der Waals surface area contributed by atoms with Crippen molar-refractivity contribution in [3.63, 3.8) is 0 Å². The van der Waals surface area contributed by atoms with Gasteiger partial charge < -0.3 is 0 Å². The van der Waals surface area contributed by atoms with Crippen LogP contribution in [0.5, 0.6) is 0 Å². The molecule has 2 aromatic rings. The summed E-state index contributed by atoms with van der Waals surface area (Å²) in [5.41, 5.74) is 0.245. The van der Waals surface area contributed by atoms with Crippen LogP contribution in [-0.2, 0) is 5.88 Å². The molecule has 5 heteroatoms. The summed E-state index contributed by atoms with van der Waals surface area (Å²) in [7, 11) is 0. The lowest BCUT2D eigenvalue weighted by molar-refractivity contribution is 0.147. The van der Waals surface area contributed by atoms with E-state index in [1.54, 1.807) is 24.3 Å². The second-order valence-electron chi connectivity index (χ2n) is 2.98. The van der Waals surface area contributed by atoms with Crippen LogP contribution in [0.25, 0.3) is 10.9 Å². The van der Waals surface area contributed by atoms with Crippen LogP contribution < -0.4 is 0 Å². The SMILES string of the molecule is FC(F)c1nc(CCl)nc2ccccc12. The fourth-order valence-corrected chi connectivity index (χ4v) is 1.50. The molecular weight excluding hydrogens is 222 g/mol. The van der Waals surface area contributed by atoms with Crippen molar-refractivity contribution >= 4 is 22.5 Å². The Bertz CT molecular complexity index is 488. The first-order valence-electron chi connectivity index (χ1n) is 4.32. The average Bonchev–Trinajstić information content (AvgIpc) is 2.27. The van der Waals surface area contributed by atoms with Gasteiger partial charge in [0.15, 0.2) is 0 Å². The Balaban J connectivity index is 2.74. The highest BCUT2D eigenvalue weighted by atomic mass is 35.5. The molecule has 78 valence electrons. The minimum Gasteiger partial charge on any atom is -0.232 e. The van der Waals surface area contributed by atoms with Crippen LogP contribution in [0.15, 0.2) is 24.3 Å². The summed E-state index contributed by atoms with van der Waals surface area (Å²) >= 11 is 5.53. The Kier molecular flexibility index (Phi) is 2.77. The summed E-state index contributed by atoms with van der Waals surface area (Å²) in [4.78, 5) is 7.79. The normalized spacial score (nSPS) is 11.2. The van der Waals surface area contributed by atoms with Crippen LogP contribution in [-0.4, -0.2) is 9.97 Å². The van der Waals surface area contributed by atoms with Crippen molar-refractivity contribution in [2.45, 2.75) is 12.3 Å². The first kappa shape index (κ1) is 10.2. The van der Waals surface area contributed by atoms with Crippen molar-refractivity contribution in [1.82, 2.24) is 9.97 Å². The Morgan fingerprint density at radius 3 is 2.60 bits per heavy atom. The quantitative estimate of drug-likeness (QED) is 0.737. The predicted octanol–water partition coefficient (Wildman–Crippen LogP) is 3.31. The van der Waals surface area contributed by atoms with Crippen LogP contribution in [0.4, 0.5) is 8.78 Å². The number of halogens is 3. The van der Waals surface area contributed by atoms with E-state index >= 15 is 0 Å². The van der Waals surface area contributed by atoms with E-state index in [1.165, 1.54) is 0 Å². The van der Waals surface area contributed by atoms with Gasteiger partial charge in [-0.3, -0.25) is 0 Å². The fourth-order valence-electron chi connectivity index (χ4n) is 1.38. The zero-order valence-corrected chi connectivity index (χ0v) is 8.38. The highest BCUT2D eigenvalue weighted by Gasteiger charge is 2.15. The van der Waals surface area contributed by atoms with Crippen LogP contribution in [0.1, 0.15) is 17.9 Å². The molecule has 0 bridgehead atoms. The van der Waals surface area contributed by atoms with Gasteiger partial charge in [0.2, 0.25) is 0 Å². The molecule has 0 unspecified atom stereocenters. The lowest BCUT2D eigenvalue weighted by atomic mass is 10.2. The first-order chi connectivity index (χ1) is 7.22. The maximum atomic E-state index is 12.7. The van der Waals surface area contributed by atoms with Crippen molar-refractivity contribution in [2.24, 2.45) is 0 Å². The topological polar surface area (TPSA) is 25.8 Å². The Hall–Kier alpha value is -1.29. The molecule has 1 aromatic carbocycles. The largest absolute Gasteiger partial charge is 0.281 e. The number of fused-ring (bicyclic) bond motifs is 1. The van der Waals surface area contributed by atoms with Crippen LogP contribution >= 0.6 is 11.6 Å². The van der Waals surface area contributed by atoms with E-state index in [-0.39, 0.29) is 17.4 Å². The predicted molar refractivity (Wildman–Crippen MR) is 54.1 cm³/mol. The van der Waals surface area contributed by atoms with Gasteiger partial charge in [0, 0.05) is 5.39 Å². The minimum atomic E-state index is -2.61. The lowest BCUT2D eigenvalue weighted by Crippen LogP contribution is -1.99. The second-order valence-corrected chi connectivity index (χ2v) is 3.24. The van der Waals surface area contributed by atoms with Gasteiger partial charge >= 0.3 is 0 Å². The molecule has 0 aliphatic rings. The van der Waals surface area contributed by atoms with Gasteiger partial charge in [-0.2, -0.15) is 0 Å². The number of alkyl halides is 3. The molecule has 0 fully saturated rings. The molecule has 15 heavy (non-hydrogen) atoms. The van der Waals surface area contributed by atoms with E-state index in [1.807, 2.05) is 0 Å². The van der Waals surface area contributed by atoms with Crippen LogP contribution in [0.2, 0.25) is 0 Å². The molecule has 0 saturated heterocycles. The number of hydrogen-bond donors (Lipinski definition) is 0. The number of hydrogen-bond acceptors (Lipinski definition) is 2. The zero-order valence-electron chi connectivity index (χ0n) is 7.62. The lowest BCUT2D eigenvalue weighted by Gasteiger charge is -2.05. The molecule has 0 N–H and O–H groups in total. The molecule has 0 aliphatic heterocycles. The Labute approximate surface area is 89.9 Å². The smallest absolute Gasteiger partial charge is 0.232 e. The summed E-state index contributed by atoms with van der Waals surface area (Å²) in [5.74, 6) is 0.260. The number of rotatable bonds is 2. The standard InChI is InChI=1S/C10H7ClF2N2/c11-5-8-14-7-4-2-1-3-6(7)9(15-8)10(12)13/h1-4,10H,5H2. The summed E-state index contributed by atoms with van der Waals surface area (Å²) < 4.78 is 25.4. The number of nitrogens with zero attached hydrogens (tertiary/aromatic N) is 2. The van der Waals surface area contributed by atoms with Gasteiger partial charge in [-0.25, -0.2) is 18.7 Å². The van der Waals surface area contributed by atoms with Gasteiger partial charge in [-0.1, -0.05) is 18.2 Å². The Morgan fingerprint density at radius 1 is 1.20 bits per heavy atom. The number of para-hydroxylation sites is 1. The van der Waals surface area contributed by atoms with Crippen molar-refractivity contribution in [2.75, 3.05) is 0 Å². The van der Waals surface area contributed by atoms with Gasteiger partial charge in [-0.15, -0.1) is 11.6 Å². The van der Waals surface area contributed by atoms with Crippen molar-refractivity contribution < 1.29 is 8.78 Å². The minimum absolute atomic E-state index is 0.0323. The third kappa shape index (κ3) is 1.90. The summed E-state index contributed by atoms with van der Waals surface area (Å²) in [6.07, 6.45) is -2.61. The molecule has 2 nitrogen and oxygen atoms in total. The van der Waals surface area contributed by atoms with Gasteiger partial charge in [0.1, 0.15) is 11.5 Å². The van der Waals surface area contributed by atoms with Crippen molar-refractivity contribution in [3.8, 4) is 0 Å². The molecule has 0 radical (unpaired) electrons. The molecule has 0 amide bonds. The van der Waals surface area contributed by atoms with Gasteiger partial charge in [0.25, 0.3) is 6.43 Å². The molecule has 1 aromatic heterocycles. The van der Waals surface area contributed by atoms with E-state index in [0.29, 0.717) is 10.9 Å². The van der Waals surface area contributed by atoms with Crippen molar-refractivity contribution in [1.29, 1.82) is 0 Å². The van der Waals surface area contributed by atoms with E-state index in [2.05, 4.69) is 9.97 Å². The molecule has 0 saturated carbocycles. The van der Waals surface area contributed by atoms with E-state index in [4.69, 9.17) is 11.6 Å². The van der Waals surface area contributed by atoms with Gasteiger partial charge in [0.05, 0.1) is 11.4 Å². The van der Waals surface area contributed by atoms with Crippen LogP contribution in [0.3, 0.4) is 0 Å². The molecule has 0 spiro atoms. The fraction of sp³-hybridized carbons (Fsp3) is 0.200. The third-order valence-corrected chi connectivity index (χ3v) is 2.24. The number of benzene rings is 1. The van der Waals surface area contributed by atoms with E-state index < -0.39 is 6.43 Å². The molecule has 1 heterocycles. The zero-order chi connectivity index (χ0) is 10.8. The molecule has 2 rings (SSSR count). The second kappa shape index (κ2) is 4.06. The van der Waals surface area contributed by atoms with E-state index in [0.717, 1.165) is 0 Å². The summed E-state index contributed by atoms with van der Waals surface area (Å²) in [6, 6.07) is 6.66. The molecule has 0 atom stereocenters. The summed E-state index contributed by atoms with van der Waals surface area (Å²) in [5, 5.41) is 0.376. The van der Waals surface area contributed by atoms with E-state index in [9.17, 15) is 8.78 Å². The molecule has 0 aliphatic carbocycles. The monoisotopic (exact) mass is 228 g/mol. The first-order valence-corrected chi connectivity index (χ1v) is 4.85. The van der Waals surface area contributed by atoms with Gasteiger partial charge in [-0.05, 0) is 6.07 Å².